The van der Waals surface area contributed by atoms with Gasteiger partial charge in [-0.05, 0) is 26.4 Å². The predicted molar refractivity (Wildman–Crippen MR) is 59.5 cm³/mol. The Labute approximate surface area is 87.8 Å². The van der Waals surface area contributed by atoms with Crippen LogP contribution < -0.4 is 5.32 Å². The van der Waals surface area contributed by atoms with Gasteiger partial charge in [0.2, 0.25) is 0 Å². The fraction of sp³-hybridized carbons (Fsp3) is 1.00. The van der Waals surface area contributed by atoms with Gasteiger partial charge in [0.25, 0.3) is 0 Å². The van der Waals surface area contributed by atoms with E-state index in [0.29, 0.717) is 18.0 Å². The van der Waals surface area contributed by atoms with Crippen molar-refractivity contribution in [1.29, 1.82) is 0 Å². The number of likely N-dealkylation sites (N-methyl/N-ethyl adjacent to an activating group) is 2. The number of rotatable bonds is 5. The highest BCUT2D eigenvalue weighted by Gasteiger charge is 2.27. The van der Waals surface area contributed by atoms with Gasteiger partial charge in [-0.15, -0.1) is 0 Å². The lowest BCUT2D eigenvalue weighted by Crippen LogP contribution is -2.48. The SMILES string of the molecule is CNCC(C(C)C)N(C)C1CCOC1. The molecular weight excluding hydrogens is 176 g/mol. The van der Waals surface area contributed by atoms with E-state index in [1.54, 1.807) is 0 Å². The molecular formula is C11H24N2O. The van der Waals surface area contributed by atoms with Crippen molar-refractivity contribution >= 4 is 0 Å². The van der Waals surface area contributed by atoms with Gasteiger partial charge in [0.1, 0.15) is 0 Å². The van der Waals surface area contributed by atoms with Gasteiger partial charge in [-0.3, -0.25) is 4.90 Å². The first-order chi connectivity index (χ1) is 6.66. The summed E-state index contributed by atoms with van der Waals surface area (Å²) in [6.07, 6.45) is 1.18. The van der Waals surface area contributed by atoms with E-state index in [0.717, 1.165) is 19.8 Å². The molecule has 2 unspecified atom stereocenters. The Morgan fingerprint density at radius 3 is 2.64 bits per heavy atom. The molecule has 1 saturated heterocycles. The standard InChI is InChI=1S/C11H24N2O/c1-9(2)11(7-12-3)13(4)10-5-6-14-8-10/h9-12H,5-8H2,1-4H3. The third-order valence-corrected chi connectivity index (χ3v) is 3.19. The molecule has 1 rings (SSSR count). The highest BCUT2D eigenvalue weighted by molar-refractivity contribution is 4.82. The summed E-state index contributed by atoms with van der Waals surface area (Å²) < 4.78 is 5.42. The molecule has 0 radical (unpaired) electrons. The molecule has 0 bridgehead atoms. The molecule has 1 fully saturated rings. The van der Waals surface area contributed by atoms with Gasteiger partial charge in [-0.25, -0.2) is 0 Å². The Morgan fingerprint density at radius 2 is 2.21 bits per heavy atom. The molecule has 0 aliphatic carbocycles. The van der Waals surface area contributed by atoms with Crippen LogP contribution in [0, 0.1) is 5.92 Å². The molecule has 0 aromatic carbocycles. The van der Waals surface area contributed by atoms with Crippen LogP contribution in [0.5, 0.6) is 0 Å². The Morgan fingerprint density at radius 1 is 1.50 bits per heavy atom. The minimum absolute atomic E-state index is 0.617. The smallest absolute Gasteiger partial charge is 0.0622 e. The molecule has 1 aliphatic heterocycles. The number of ether oxygens (including phenoxy) is 1. The third kappa shape index (κ3) is 2.94. The molecule has 1 aliphatic rings. The van der Waals surface area contributed by atoms with Gasteiger partial charge in [-0.1, -0.05) is 13.8 Å². The normalized spacial score (nSPS) is 24.9. The Bertz CT molecular complexity index is 155. The summed E-state index contributed by atoms with van der Waals surface area (Å²) in [6.45, 7) is 7.47. The van der Waals surface area contributed by atoms with Gasteiger partial charge in [0.05, 0.1) is 6.61 Å². The number of hydrogen-bond acceptors (Lipinski definition) is 3. The maximum Gasteiger partial charge on any atom is 0.0622 e. The van der Waals surface area contributed by atoms with Crippen LogP contribution in [0.25, 0.3) is 0 Å². The van der Waals surface area contributed by atoms with Crippen molar-refractivity contribution in [2.45, 2.75) is 32.4 Å². The summed E-state index contributed by atoms with van der Waals surface area (Å²) in [5.41, 5.74) is 0. The zero-order valence-corrected chi connectivity index (χ0v) is 9.92. The van der Waals surface area contributed by atoms with Crippen LogP contribution in [0.1, 0.15) is 20.3 Å². The van der Waals surface area contributed by atoms with Crippen molar-refractivity contribution in [3.05, 3.63) is 0 Å². The van der Waals surface area contributed by atoms with E-state index in [1.165, 1.54) is 6.42 Å². The fourth-order valence-electron chi connectivity index (χ4n) is 2.17. The summed E-state index contributed by atoms with van der Waals surface area (Å²) in [5.74, 6) is 0.688. The van der Waals surface area contributed by atoms with Crippen LogP contribution in [0.3, 0.4) is 0 Å². The highest BCUT2D eigenvalue weighted by Crippen LogP contribution is 2.17. The van der Waals surface area contributed by atoms with Crippen molar-refractivity contribution in [2.24, 2.45) is 5.92 Å². The molecule has 0 aromatic heterocycles. The molecule has 0 spiro atoms. The Kier molecular flexibility index (Phi) is 4.85. The summed E-state index contributed by atoms with van der Waals surface area (Å²) in [6, 6.07) is 1.24. The summed E-state index contributed by atoms with van der Waals surface area (Å²) in [5, 5.41) is 3.27. The van der Waals surface area contributed by atoms with E-state index in [9.17, 15) is 0 Å². The van der Waals surface area contributed by atoms with Gasteiger partial charge in [0, 0.05) is 25.2 Å². The monoisotopic (exact) mass is 200 g/mol. The molecule has 0 aromatic rings. The van der Waals surface area contributed by atoms with Crippen molar-refractivity contribution in [1.82, 2.24) is 10.2 Å². The van der Waals surface area contributed by atoms with Crippen LogP contribution in [0.2, 0.25) is 0 Å². The quantitative estimate of drug-likeness (QED) is 0.715. The van der Waals surface area contributed by atoms with Gasteiger partial charge in [0.15, 0.2) is 0 Å². The van der Waals surface area contributed by atoms with E-state index in [1.807, 2.05) is 7.05 Å². The lowest BCUT2D eigenvalue weighted by atomic mass is 10.0. The van der Waals surface area contributed by atoms with Crippen LogP contribution >= 0.6 is 0 Å². The first-order valence-electron chi connectivity index (χ1n) is 5.61. The third-order valence-electron chi connectivity index (χ3n) is 3.19. The van der Waals surface area contributed by atoms with Crippen LogP contribution in [-0.4, -0.2) is 50.8 Å². The first kappa shape index (κ1) is 12.0. The topological polar surface area (TPSA) is 24.5 Å². The molecule has 1 heterocycles. The molecule has 2 atom stereocenters. The van der Waals surface area contributed by atoms with E-state index < -0.39 is 0 Å². The van der Waals surface area contributed by atoms with Crippen molar-refractivity contribution in [3.8, 4) is 0 Å². The molecule has 3 nitrogen and oxygen atoms in total. The largest absolute Gasteiger partial charge is 0.380 e. The van der Waals surface area contributed by atoms with Crippen LogP contribution in [-0.2, 0) is 4.74 Å². The minimum atomic E-state index is 0.617. The number of hydrogen-bond donors (Lipinski definition) is 1. The summed E-state index contributed by atoms with van der Waals surface area (Å²) in [4.78, 5) is 2.48. The van der Waals surface area contributed by atoms with Gasteiger partial charge in [-0.2, -0.15) is 0 Å². The minimum Gasteiger partial charge on any atom is -0.380 e. The maximum atomic E-state index is 5.42. The predicted octanol–water partition coefficient (Wildman–Crippen LogP) is 0.951. The zero-order valence-electron chi connectivity index (χ0n) is 9.92. The molecule has 1 N–H and O–H groups in total. The van der Waals surface area contributed by atoms with Gasteiger partial charge < -0.3 is 10.1 Å². The molecule has 14 heavy (non-hydrogen) atoms. The lowest BCUT2D eigenvalue weighted by molar-refractivity contribution is 0.111. The average molecular weight is 200 g/mol. The van der Waals surface area contributed by atoms with Gasteiger partial charge >= 0.3 is 0 Å². The Hall–Kier alpha value is -0.120. The lowest BCUT2D eigenvalue weighted by Gasteiger charge is -2.34. The van der Waals surface area contributed by atoms with Crippen molar-refractivity contribution in [3.63, 3.8) is 0 Å². The molecule has 84 valence electrons. The first-order valence-corrected chi connectivity index (χ1v) is 5.61. The number of nitrogens with zero attached hydrogens (tertiary/aromatic N) is 1. The van der Waals surface area contributed by atoms with Crippen molar-refractivity contribution < 1.29 is 4.74 Å². The van der Waals surface area contributed by atoms with E-state index in [-0.39, 0.29) is 0 Å². The van der Waals surface area contributed by atoms with Crippen LogP contribution in [0.15, 0.2) is 0 Å². The fourth-order valence-corrected chi connectivity index (χ4v) is 2.17. The van der Waals surface area contributed by atoms with Crippen molar-refractivity contribution in [2.75, 3.05) is 33.9 Å². The molecule has 0 amide bonds. The molecule has 3 heteroatoms. The highest BCUT2D eigenvalue weighted by atomic mass is 16.5. The summed E-state index contributed by atoms with van der Waals surface area (Å²) in [7, 11) is 4.25. The van der Waals surface area contributed by atoms with E-state index in [2.05, 4.69) is 31.1 Å². The second kappa shape index (κ2) is 5.69. The summed E-state index contributed by atoms with van der Waals surface area (Å²) >= 11 is 0. The average Bonchev–Trinajstić information content (AvgIpc) is 2.65. The Balaban J connectivity index is 2.48. The molecule has 0 saturated carbocycles. The second-order valence-electron chi connectivity index (χ2n) is 4.55. The zero-order chi connectivity index (χ0) is 10.6. The van der Waals surface area contributed by atoms with E-state index >= 15 is 0 Å². The number of nitrogens with one attached hydrogen (secondary N) is 1. The van der Waals surface area contributed by atoms with Crippen LogP contribution in [0.4, 0.5) is 0 Å². The maximum absolute atomic E-state index is 5.42. The second-order valence-corrected chi connectivity index (χ2v) is 4.55. The van der Waals surface area contributed by atoms with E-state index in [4.69, 9.17) is 4.74 Å².